The van der Waals surface area contributed by atoms with Crippen molar-refractivity contribution in [3.8, 4) is 0 Å². The van der Waals surface area contributed by atoms with Gasteiger partial charge in [0.05, 0.1) is 22.7 Å². The van der Waals surface area contributed by atoms with Crippen LogP contribution in [0.3, 0.4) is 0 Å². The van der Waals surface area contributed by atoms with Crippen molar-refractivity contribution in [2.75, 3.05) is 31.1 Å². The molecule has 0 unspecified atom stereocenters. The number of nitrogens with zero attached hydrogens (tertiary/aromatic N) is 1. The van der Waals surface area contributed by atoms with Crippen molar-refractivity contribution in [3.63, 3.8) is 0 Å². The third-order valence-corrected chi connectivity index (χ3v) is 5.21. The zero-order valence-electron chi connectivity index (χ0n) is 13.8. The van der Waals surface area contributed by atoms with Gasteiger partial charge in [0, 0.05) is 11.3 Å². The second-order valence-electron chi connectivity index (χ2n) is 6.55. The summed E-state index contributed by atoms with van der Waals surface area (Å²) in [4.78, 5) is 14.5. The van der Waals surface area contributed by atoms with Gasteiger partial charge >= 0.3 is 6.18 Å². The lowest BCUT2D eigenvalue weighted by Crippen LogP contribution is -2.48. The van der Waals surface area contributed by atoms with Gasteiger partial charge in [0.15, 0.2) is 0 Å². The molecule has 0 saturated carbocycles. The molecule has 2 aliphatic heterocycles. The quantitative estimate of drug-likeness (QED) is 0.775. The minimum atomic E-state index is -4.39. The van der Waals surface area contributed by atoms with Crippen molar-refractivity contribution in [3.05, 3.63) is 40.8 Å². The largest absolute Gasteiger partial charge is 0.405 e. The van der Waals surface area contributed by atoms with E-state index in [9.17, 15) is 22.4 Å². The summed E-state index contributed by atoms with van der Waals surface area (Å²) in [5.74, 6) is -0.900. The summed E-state index contributed by atoms with van der Waals surface area (Å²) in [6, 6.07) is 2.61. The van der Waals surface area contributed by atoms with Crippen molar-refractivity contribution in [1.82, 2.24) is 10.6 Å². The van der Waals surface area contributed by atoms with Crippen molar-refractivity contribution in [1.29, 1.82) is 0 Å². The topological polar surface area (TPSA) is 44.4 Å². The molecule has 1 saturated heterocycles. The van der Waals surface area contributed by atoms with Crippen LogP contribution in [-0.2, 0) is 10.2 Å². The van der Waals surface area contributed by atoms with E-state index in [1.165, 1.54) is 11.0 Å². The lowest BCUT2D eigenvalue weighted by atomic mass is 9.74. The molecule has 1 aromatic carbocycles. The third-order valence-electron chi connectivity index (χ3n) is 4.84. The zero-order chi connectivity index (χ0) is 19.1. The first-order valence-corrected chi connectivity index (χ1v) is 8.53. The van der Waals surface area contributed by atoms with E-state index < -0.39 is 24.0 Å². The molecular formula is C17H18ClF4N3O. The zero-order valence-corrected chi connectivity index (χ0v) is 14.6. The van der Waals surface area contributed by atoms with Gasteiger partial charge in [-0.05, 0) is 38.1 Å². The molecule has 2 aliphatic rings. The van der Waals surface area contributed by atoms with E-state index in [-0.39, 0.29) is 23.2 Å². The molecule has 3 rings (SSSR count). The van der Waals surface area contributed by atoms with Gasteiger partial charge in [0.25, 0.3) is 0 Å². The molecule has 0 aliphatic carbocycles. The van der Waals surface area contributed by atoms with E-state index in [2.05, 4.69) is 17.2 Å². The van der Waals surface area contributed by atoms with Crippen molar-refractivity contribution < 1.29 is 22.4 Å². The van der Waals surface area contributed by atoms with Gasteiger partial charge in [-0.2, -0.15) is 13.2 Å². The van der Waals surface area contributed by atoms with Crippen LogP contribution < -0.4 is 15.5 Å². The molecule has 1 aromatic rings. The summed E-state index contributed by atoms with van der Waals surface area (Å²) in [5, 5.41) is 5.23. The molecule has 9 heteroatoms. The van der Waals surface area contributed by atoms with Crippen molar-refractivity contribution in [2.24, 2.45) is 0 Å². The van der Waals surface area contributed by atoms with Crippen molar-refractivity contribution >= 4 is 23.2 Å². The molecule has 1 amide bonds. The van der Waals surface area contributed by atoms with Gasteiger partial charge in [-0.15, -0.1) is 0 Å². The van der Waals surface area contributed by atoms with Gasteiger partial charge in [0.2, 0.25) is 5.91 Å². The highest BCUT2D eigenvalue weighted by Crippen LogP contribution is 2.50. The van der Waals surface area contributed by atoms with Gasteiger partial charge in [-0.25, -0.2) is 4.39 Å². The minimum absolute atomic E-state index is 0.0491. The number of carbonyl (C=O) groups excluding carboxylic acids is 1. The van der Waals surface area contributed by atoms with Crippen LogP contribution in [0.2, 0.25) is 5.02 Å². The first-order valence-electron chi connectivity index (χ1n) is 8.15. The number of halogens is 5. The van der Waals surface area contributed by atoms with E-state index in [1.54, 1.807) is 0 Å². The maximum absolute atomic E-state index is 14.0. The van der Waals surface area contributed by atoms with E-state index in [0.717, 1.165) is 6.07 Å². The smallest absolute Gasteiger partial charge is 0.379 e. The Bertz CT molecular complexity index is 744. The van der Waals surface area contributed by atoms with Crippen LogP contribution in [0.5, 0.6) is 0 Å². The van der Waals surface area contributed by atoms with Gasteiger partial charge < -0.3 is 15.5 Å². The molecule has 1 fully saturated rings. The predicted molar refractivity (Wildman–Crippen MR) is 90.7 cm³/mol. The van der Waals surface area contributed by atoms with Crippen molar-refractivity contribution in [2.45, 2.75) is 24.4 Å². The van der Waals surface area contributed by atoms with E-state index in [4.69, 9.17) is 11.6 Å². The molecular weight excluding hydrogens is 374 g/mol. The number of nitrogens with one attached hydrogen (secondary N) is 2. The number of hydrogen-bond acceptors (Lipinski definition) is 3. The molecule has 0 aromatic heterocycles. The number of piperidine rings is 1. The first kappa shape index (κ1) is 19.0. The lowest BCUT2D eigenvalue weighted by molar-refractivity contribution is -0.124. The Hall–Kier alpha value is -1.80. The number of carbonyl (C=O) groups is 1. The summed E-state index contributed by atoms with van der Waals surface area (Å²) in [6.45, 7) is 3.34. The monoisotopic (exact) mass is 391 g/mol. The molecule has 2 heterocycles. The van der Waals surface area contributed by atoms with E-state index >= 15 is 0 Å². The molecule has 2 N–H and O–H groups in total. The molecule has 0 bridgehead atoms. The number of anilines is 1. The van der Waals surface area contributed by atoms with Crippen LogP contribution in [0.4, 0.5) is 23.2 Å². The fourth-order valence-corrected chi connectivity index (χ4v) is 3.98. The molecule has 0 atom stereocenters. The number of benzene rings is 1. The standard InChI is InChI=1S/C17H18ClF4N3O/c1-10(24-9-17(20,21)22)8-25-12-3-2-11(19)14(18)13(12)16(15(25)26)4-6-23-7-5-16/h2-3,23-24H,1,4-9H2. The predicted octanol–water partition coefficient (Wildman–Crippen LogP) is 3.11. The van der Waals surface area contributed by atoms with Crippen LogP contribution in [0.1, 0.15) is 18.4 Å². The summed E-state index contributed by atoms with van der Waals surface area (Å²) in [7, 11) is 0. The van der Waals surface area contributed by atoms with Gasteiger partial charge in [0.1, 0.15) is 12.4 Å². The summed E-state index contributed by atoms with van der Waals surface area (Å²) in [5.41, 5.74) is -0.0510. The summed E-state index contributed by atoms with van der Waals surface area (Å²) < 4.78 is 51.2. The molecule has 26 heavy (non-hydrogen) atoms. The normalized spacial score (nSPS) is 19.0. The molecule has 1 spiro atoms. The highest BCUT2D eigenvalue weighted by molar-refractivity contribution is 6.33. The van der Waals surface area contributed by atoms with Crippen LogP contribution in [-0.4, -0.2) is 38.3 Å². The summed E-state index contributed by atoms with van der Waals surface area (Å²) >= 11 is 6.19. The van der Waals surface area contributed by atoms with Crippen LogP contribution in [0.25, 0.3) is 0 Å². The van der Waals surface area contributed by atoms with Gasteiger partial charge in [-0.3, -0.25) is 4.79 Å². The molecule has 142 valence electrons. The fraction of sp³-hybridized carbons (Fsp3) is 0.471. The Labute approximate surface area is 153 Å². The number of amides is 1. The van der Waals surface area contributed by atoms with Crippen LogP contribution in [0.15, 0.2) is 24.4 Å². The Balaban J connectivity index is 1.92. The van der Waals surface area contributed by atoms with Crippen LogP contribution in [0, 0.1) is 5.82 Å². The van der Waals surface area contributed by atoms with Gasteiger partial charge in [-0.1, -0.05) is 18.2 Å². The number of rotatable bonds is 4. The maximum Gasteiger partial charge on any atom is 0.405 e. The lowest BCUT2D eigenvalue weighted by Gasteiger charge is -2.33. The Morgan fingerprint density at radius 3 is 2.62 bits per heavy atom. The van der Waals surface area contributed by atoms with E-state index in [0.29, 0.717) is 37.2 Å². The first-order chi connectivity index (χ1) is 12.2. The highest BCUT2D eigenvalue weighted by atomic mass is 35.5. The van der Waals surface area contributed by atoms with E-state index in [1.807, 2.05) is 0 Å². The number of alkyl halides is 3. The minimum Gasteiger partial charge on any atom is -0.379 e. The highest BCUT2D eigenvalue weighted by Gasteiger charge is 2.52. The Morgan fingerprint density at radius 2 is 2.00 bits per heavy atom. The molecule has 0 radical (unpaired) electrons. The third kappa shape index (κ3) is 3.27. The average molecular weight is 392 g/mol. The average Bonchev–Trinajstić information content (AvgIpc) is 2.79. The number of hydrogen-bond donors (Lipinski definition) is 2. The fourth-order valence-electron chi connectivity index (χ4n) is 3.64. The SMILES string of the molecule is C=C(CN1C(=O)C2(CCNCC2)c2c1ccc(F)c2Cl)NCC(F)(F)F. The summed E-state index contributed by atoms with van der Waals surface area (Å²) in [6.07, 6.45) is -3.50. The second kappa shape index (κ2) is 6.74. The maximum atomic E-state index is 14.0. The number of fused-ring (bicyclic) bond motifs is 2. The molecule has 4 nitrogen and oxygen atoms in total. The Morgan fingerprint density at radius 1 is 1.35 bits per heavy atom. The second-order valence-corrected chi connectivity index (χ2v) is 6.93. The Kier molecular flexibility index (Phi) is 4.92. The van der Waals surface area contributed by atoms with Crippen LogP contribution >= 0.6 is 11.6 Å².